The Morgan fingerprint density at radius 2 is 2.14 bits per heavy atom. The van der Waals surface area contributed by atoms with Crippen LogP contribution in [0.1, 0.15) is 36.5 Å². The fourth-order valence-electron chi connectivity index (χ4n) is 3.01. The predicted molar refractivity (Wildman–Crippen MR) is 75.2 cm³/mol. The van der Waals surface area contributed by atoms with Gasteiger partial charge in [-0.1, -0.05) is 0 Å². The highest BCUT2D eigenvalue weighted by molar-refractivity contribution is 5.23. The number of nitrogens with zero attached hydrogens (tertiary/aromatic N) is 1. The van der Waals surface area contributed by atoms with Gasteiger partial charge >= 0.3 is 6.18 Å². The number of aryl methyl sites for hydroxylation is 2. The molecule has 1 aliphatic heterocycles. The van der Waals surface area contributed by atoms with Gasteiger partial charge in [-0.25, -0.2) is 0 Å². The first-order valence-corrected chi connectivity index (χ1v) is 7.34. The predicted octanol–water partition coefficient (Wildman–Crippen LogP) is 3.43. The third kappa shape index (κ3) is 4.74. The summed E-state index contributed by atoms with van der Waals surface area (Å²) in [7, 11) is 0. The first-order valence-electron chi connectivity index (χ1n) is 7.34. The van der Waals surface area contributed by atoms with Gasteiger partial charge in [-0.15, -0.1) is 0 Å². The largest absolute Gasteiger partial charge is 0.466 e. The highest BCUT2D eigenvalue weighted by atomic mass is 19.4. The van der Waals surface area contributed by atoms with Gasteiger partial charge in [-0.05, 0) is 52.3 Å². The molecular formula is C15H23F3N2O. The number of alkyl halides is 3. The highest BCUT2D eigenvalue weighted by Crippen LogP contribution is 2.24. The van der Waals surface area contributed by atoms with Crippen LogP contribution in [0.4, 0.5) is 13.2 Å². The van der Waals surface area contributed by atoms with Crippen molar-refractivity contribution in [1.29, 1.82) is 0 Å². The molecule has 0 saturated carbocycles. The zero-order valence-electron chi connectivity index (χ0n) is 12.8. The quantitative estimate of drug-likeness (QED) is 0.903. The van der Waals surface area contributed by atoms with Crippen molar-refractivity contribution >= 4 is 0 Å². The van der Waals surface area contributed by atoms with Crippen LogP contribution in [0.15, 0.2) is 10.5 Å². The minimum Gasteiger partial charge on any atom is -0.466 e. The van der Waals surface area contributed by atoms with Gasteiger partial charge in [0.1, 0.15) is 11.5 Å². The zero-order valence-corrected chi connectivity index (χ0v) is 12.8. The third-order valence-corrected chi connectivity index (χ3v) is 4.03. The Kier molecular flexibility index (Phi) is 4.99. The lowest BCUT2D eigenvalue weighted by Crippen LogP contribution is -2.34. The molecule has 21 heavy (non-hydrogen) atoms. The van der Waals surface area contributed by atoms with E-state index in [1.54, 1.807) is 0 Å². The standard InChI is InChI=1S/C15H23F3N2O/c1-10-6-14(12(3)21-10)11(2)19-7-13-4-5-20(8-13)9-15(16,17)18/h6,11,13,19H,4-5,7-9H2,1-3H3. The molecule has 1 aliphatic rings. The molecule has 0 amide bonds. The normalized spacial score (nSPS) is 21.9. The zero-order chi connectivity index (χ0) is 15.6. The molecule has 2 rings (SSSR count). The number of likely N-dealkylation sites (tertiary alicyclic amines) is 1. The maximum Gasteiger partial charge on any atom is 0.401 e. The van der Waals surface area contributed by atoms with Gasteiger partial charge in [0.2, 0.25) is 0 Å². The molecule has 1 aromatic heterocycles. The molecule has 1 saturated heterocycles. The Hall–Kier alpha value is -1.01. The Balaban J connectivity index is 1.78. The molecule has 0 aliphatic carbocycles. The maximum absolute atomic E-state index is 12.3. The Morgan fingerprint density at radius 1 is 1.43 bits per heavy atom. The van der Waals surface area contributed by atoms with Crippen molar-refractivity contribution in [2.75, 3.05) is 26.2 Å². The van der Waals surface area contributed by atoms with Crippen molar-refractivity contribution in [3.05, 3.63) is 23.2 Å². The molecule has 2 atom stereocenters. The van der Waals surface area contributed by atoms with Crippen molar-refractivity contribution in [2.24, 2.45) is 5.92 Å². The lowest BCUT2D eigenvalue weighted by Gasteiger charge is -2.19. The summed E-state index contributed by atoms with van der Waals surface area (Å²) in [5.74, 6) is 2.06. The van der Waals surface area contributed by atoms with Gasteiger partial charge < -0.3 is 9.73 Å². The fraction of sp³-hybridized carbons (Fsp3) is 0.733. The molecular weight excluding hydrogens is 281 g/mol. The van der Waals surface area contributed by atoms with Crippen molar-refractivity contribution in [3.8, 4) is 0 Å². The number of rotatable bonds is 5. The Bertz CT molecular complexity index is 470. The number of halogens is 3. The molecule has 0 bridgehead atoms. The molecule has 120 valence electrons. The van der Waals surface area contributed by atoms with Crippen molar-refractivity contribution in [3.63, 3.8) is 0 Å². The van der Waals surface area contributed by atoms with Crippen molar-refractivity contribution < 1.29 is 17.6 Å². The second kappa shape index (κ2) is 6.40. The Labute approximate surface area is 123 Å². The van der Waals surface area contributed by atoms with Crippen LogP contribution in [0.2, 0.25) is 0 Å². The van der Waals surface area contributed by atoms with Gasteiger partial charge in [-0.3, -0.25) is 4.90 Å². The molecule has 1 fully saturated rings. The van der Waals surface area contributed by atoms with Crippen molar-refractivity contribution in [1.82, 2.24) is 10.2 Å². The lowest BCUT2D eigenvalue weighted by molar-refractivity contribution is -0.143. The second-order valence-electron chi connectivity index (χ2n) is 6.00. The average Bonchev–Trinajstić information content (AvgIpc) is 2.91. The van der Waals surface area contributed by atoms with Crippen LogP contribution in [0.3, 0.4) is 0 Å². The molecule has 2 unspecified atom stereocenters. The van der Waals surface area contributed by atoms with E-state index in [0.29, 0.717) is 13.1 Å². The van der Waals surface area contributed by atoms with Crippen LogP contribution in [-0.4, -0.2) is 37.3 Å². The first kappa shape index (κ1) is 16.4. The lowest BCUT2D eigenvalue weighted by atomic mass is 10.1. The van der Waals surface area contributed by atoms with Crippen LogP contribution in [0.5, 0.6) is 0 Å². The minimum atomic E-state index is -4.10. The van der Waals surface area contributed by atoms with Crippen LogP contribution < -0.4 is 5.32 Å². The van der Waals surface area contributed by atoms with Crippen LogP contribution in [0.25, 0.3) is 0 Å². The second-order valence-corrected chi connectivity index (χ2v) is 6.00. The van der Waals surface area contributed by atoms with E-state index in [1.165, 1.54) is 4.90 Å². The third-order valence-electron chi connectivity index (χ3n) is 4.03. The van der Waals surface area contributed by atoms with E-state index >= 15 is 0 Å². The molecule has 0 aromatic carbocycles. The molecule has 1 N–H and O–H groups in total. The van der Waals surface area contributed by atoms with Crippen LogP contribution in [-0.2, 0) is 0 Å². The van der Waals surface area contributed by atoms with E-state index in [1.807, 2.05) is 19.9 Å². The van der Waals surface area contributed by atoms with Gasteiger partial charge in [0.25, 0.3) is 0 Å². The summed E-state index contributed by atoms with van der Waals surface area (Å²) in [5, 5.41) is 3.41. The first-order chi connectivity index (χ1) is 9.74. The summed E-state index contributed by atoms with van der Waals surface area (Å²) in [6.07, 6.45) is -3.28. The Morgan fingerprint density at radius 3 is 2.71 bits per heavy atom. The van der Waals surface area contributed by atoms with E-state index in [0.717, 1.165) is 30.0 Å². The van der Waals surface area contributed by atoms with Gasteiger partial charge in [0.15, 0.2) is 0 Å². The highest BCUT2D eigenvalue weighted by Gasteiger charge is 2.34. The topological polar surface area (TPSA) is 28.4 Å². The molecule has 6 heteroatoms. The minimum absolute atomic E-state index is 0.152. The molecule has 0 spiro atoms. The van der Waals surface area contributed by atoms with E-state index in [2.05, 4.69) is 12.2 Å². The summed E-state index contributed by atoms with van der Waals surface area (Å²) in [5.41, 5.74) is 1.12. The summed E-state index contributed by atoms with van der Waals surface area (Å²) in [6, 6.07) is 2.16. The van der Waals surface area contributed by atoms with Crippen LogP contribution >= 0.6 is 0 Å². The smallest absolute Gasteiger partial charge is 0.401 e. The number of nitrogens with one attached hydrogen (secondary N) is 1. The van der Waals surface area contributed by atoms with Gasteiger partial charge in [0, 0.05) is 18.2 Å². The van der Waals surface area contributed by atoms with E-state index in [-0.39, 0.29) is 12.0 Å². The van der Waals surface area contributed by atoms with E-state index in [4.69, 9.17) is 4.42 Å². The number of furan rings is 1. The molecule has 0 radical (unpaired) electrons. The summed E-state index contributed by atoms with van der Waals surface area (Å²) in [4.78, 5) is 1.49. The fourth-order valence-corrected chi connectivity index (χ4v) is 3.01. The monoisotopic (exact) mass is 304 g/mol. The maximum atomic E-state index is 12.3. The summed E-state index contributed by atoms with van der Waals surface area (Å²) >= 11 is 0. The molecule has 3 nitrogen and oxygen atoms in total. The number of hydrogen-bond donors (Lipinski definition) is 1. The molecule has 2 heterocycles. The van der Waals surface area contributed by atoms with Gasteiger partial charge in [0.05, 0.1) is 6.54 Å². The average molecular weight is 304 g/mol. The molecule has 1 aromatic rings. The van der Waals surface area contributed by atoms with Crippen molar-refractivity contribution in [2.45, 2.75) is 39.4 Å². The summed E-state index contributed by atoms with van der Waals surface area (Å²) < 4.78 is 42.6. The van der Waals surface area contributed by atoms with Crippen LogP contribution in [0, 0.1) is 19.8 Å². The van der Waals surface area contributed by atoms with E-state index < -0.39 is 12.7 Å². The van der Waals surface area contributed by atoms with E-state index in [9.17, 15) is 13.2 Å². The number of hydrogen-bond acceptors (Lipinski definition) is 3. The SMILES string of the molecule is Cc1cc(C(C)NCC2CCN(CC(F)(F)F)C2)c(C)o1. The van der Waals surface area contributed by atoms with Gasteiger partial charge in [-0.2, -0.15) is 13.2 Å². The summed E-state index contributed by atoms with van der Waals surface area (Å²) in [6.45, 7) is 6.89.